The molecule has 0 aliphatic carbocycles. The van der Waals surface area contributed by atoms with Gasteiger partial charge in [-0.3, -0.25) is 13.9 Å². The maximum atomic E-state index is 13.4. The first-order valence-corrected chi connectivity index (χ1v) is 16.4. The van der Waals surface area contributed by atoms with Crippen LogP contribution in [-0.2, 0) is 10.0 Å². The van der Waals surface area contributed by atoms with E-state index in [-0.39, 0.29) is 24.3 Å². The van der Waals surface area contributed by atoms with Crippen molar-refractivity contribution in [3.05, 3.63) is 113 Å². The largest absolute Gasteiger partial charge is 0.455 e. The summed E-state index contributed by atoms with van der Waals surface area (Å²) in [6.07, 6.45) is 1.37. The first kappa shape index (κ1) is 31.2. The molecule has 0 aliphatic rings. The molecule has 1 aromatic heterocycles. The van der Waals surface area contributed by atoms with Gasteiger partial charge in [-0.25, -0.2) is 8.42 Å². The van der Waals surface area contributed by atoms with Gasteiger partial charge in [0.15, 0.2) is 5.78 Å². The summed E-state index contributed by atoms with van der Waals surface area (Å²) < 4.78 is 33.5. The van der Waals surface area contributed by atoms with Crippen molar-refractivity contribution in [1.29, 1.82) is 5.26 Å². The quantitative estimate of drug-likeness (QED) is 0.162. The van der Waals surface area contributed by atoms with Crippen molar-refractivity contribution < 1.29 is 22.4 Å². The number of amides is 1. The number of benzene rings is 4. The lowest BCUT2D eigenvalue weighted by atomic mass is 9.95. The van der Waals surface area contributed by atoms with Crippen LogP contribution in [0.1, 0.15) is 58.2 Å². The Morgan fingerprint density at radius 2 is 1.64 bits per heavy atom. The highest BCUT2D eigenvalue weighted by molar-refractivity contribution is 7.92. The number of ketones is 1. The van der Waals surface area contributed by atoms with Crippen molar-refractivity contribution >= 4 is 38.4 Å². The molecule has 228 valence electrons. The fourth-order valence-corrected chi connectivity index (χ4v) is 6.37. The van der Waals surface area contributed by atoms with Crippen LogP contribution in [-0.4, -0.2) is 32.9 Å². The van der Waals surface area contributed by atoms with E-state index in [2.05, 4.69) is 11.4 Å². The smallest absolute Gasteiger partial charge is 0.252 e. The number of fused-ring (bicyclic) bond motifs is 1. The minimum atomic E-state index is -3.72. The highest BCUT2D eigenvalue weighted by Crippen LogP contribution is 2.42. The van der Waals surface area contributed by atoms with Gasteiger partial charge in [0.25, 0.3) is 5.91 Å². The predicted octanol–water partition coefficient (Wildman–Crippen LogP) is 7.45. The van der Waals surface area contributed by atoms with Gasteiger partial charge in [0.05, 0.1) is 23.6 Å². The van der Waals surface area contributed by atoms with Gasteiger partial charge in [0, 0.05) is 41.1 Å². The first-order chi connectivity index (χ1) is 21.5. The molecule has 5 aromatic rings. The topological polar surface area (TPSA) is 120 Å². The molecule has 4 aromatic carbocycles. The highest BCUT2D eigenvalue weighted by Gasteiger charge is 2.27. The number of rotatable bonds is 10. The van der Waals surface area contributed by atoms with Crippen LogP contribution in [0.3, 0.4) is 0 Å². The summed E-state index contributed by atoms with van der Waals surface area (Å²) in [4.78, 5) is 26.7. The summed E-state index contributed by atoms with van der Waals surface area (Å²) in [6, 6.07) is 28.0. The maximum absolute atomic E-state index is 13.4. The molecule has 0 radical (unpaired) electrons. The summed E-state index contributed by atoms with van der Waals surface area (Å²) in [6.45, 7) is 5.63. The molecule has 45 heavy (non-hydrogen) atoms. The van der Waals surface area contributed by atoms with Crippen molar-refractivity contribution in [2.45, 2.75) is 33.2 Å². The fraction of sp³-hybridized carbons (Fsp3) is 0.194. The average molecular weight is 620 g/mol. The van der Waals surface area contributed by atoms with E-state index in [4.69, 9.17) is 4.42 Å². The Bertz CT molecular complexity index is 2040. The third kappa shape index (κ3) is 6.37. The Morgan fingerprint density at radius 1 is 0.933 bits per heavy atom. The van der Waals surface area contributed by atoms with Crippen LogP contribution in [0.25, 0.3) is 33.4 Å². The van der Waals surface area contributed by atoms with E-state index in [1.54, 1.807) is 74.5 Å². The van der Waals surface area contributed by atoms with E-state index in [1.807, 2.05) is 37.3 Å². The minimum Gasteiger partial charge on any atom is -0.455 e. The van der Waals surface area contributed by atoms with Gasteiger partial charge in [0.2, 0.25) is 10.0 Å². The van der Waals surface area contributed by atoms with Crippen LogP contribution in [0.4, 0.5) is 5.69 Å². The van der Waals surface area contributed by atoms with Crippen molar-refractivity contribution in [3.63, 3.8) is 0 Å². The summed E-state index contributed by atoms with van der Waals surface area (Å²) in [5.74, 6) is -0.161. The van der Waals surface area contributed by atoms with E-state index >= 15 is 0 Å². The lowest BCUT2D eigenvalue weighted by molar-refractivity contribution is 0.0943. The summed E-state index contributed by atoms with van der Waals surface area (Å²) in [5, 5.41) is 13.1. The Labute approximate surface area is 263 Å². The second kappa shape index (κ2) is 12.8. The van der Waals surface area contributed by atoms with Crippen LogP contribution in [0.5, 0.6) is 0 Å². The minimum absolute atomic E-state index is 0.116. The zero-order valence-corrected chi connectivity index (χ0v) is 26.3. The molecule has 0 bridgehead atoms. The standard InChI is InChI=1S/C36H33N3O5S/c1-5-32(40)34-29-20-28(26-13-10-14-27(19-26)36(41)38-30(22-37)24-11-8-7-9-12-24)31(39(6-2)45(4,42)43)21-33(29)44-35(34)25-17-15-23(3)16-18-25/h7-21,30H,5-6H2,1-4H3,(H,38,41). The highest BCUT2D eigenvalue weighted by atomic mass is 32.2. The number of anilines is 1. The van der Waals surface area contributed by atoms with Crippen LogP contribution in [0, 0.1) is 18.3 Å². The molecule has 0 aliphatic heterocycles. The Morgan fingerprint density at radius 3 is 2.27 bits per heavy atom. The summed E-state index contributed by atoms with van der Waals surface area (Å²) in [7, 11) is -3.72. The Balaban J connectivity index is 1.70. The second-order valence-corrected chi connectivity index (χ2v) is 12.7. The number of carbonyl (C=O) groups excluding carboxylic acids is 2. The lowest BCUT2D eigenvalue weighted by Crippen LogP contribution is -2.30. The van der Waals surface area contributed by atoms with E-state index in [9.17, 15) is 23.3 Å². The number of nitrogens with one attached hydrogen (secondary N) is 1. The van der Waals surface area contributed by atoms with Crippen molar-refractivity contribution in [3.8, 4) is 28.5 Å². The number of nitriles is 1. The maximum Gasteiger partial charge on any atom is 0.252 e. The first-order valence-electron chi connectivity index (χ1n) is 14.6. The number of aryl methyl sites for hydroxylation is 1. The number of Topliss-reactive ketones (excluding diaryl/α,β-unsaturated/α-hetero) is 1. The molecule has 1 N–H and O–H groups in total. The van der Waals surface area contributed by atoms with Crippen LogP contribution in [0.15, 0.2) is 95.4 Å². The molecule has 5 rings (SSSR count). The van der Waals surface area contributed by atoms with Gasteiger partial charge >= 0.3 is 0 Å². The third-order valence-corrected chi connectivity index (χ3v) is 8.91. The van der Waals surface area contributed by atoms with E-state index < -0.39 is 22.0 Å². The number of hydrogen-bond acceptors (Lipinski definition) is 6. The normalized spacial score (nSPS) is 12.0. The molecule has 0 fully saturated rings. The van der Waals surface area contributed by atoms with Gasteiger partial charge in [-0.05, 0) is 43.2 Å². The van der Waals surface area contributed by atoms with Gasteiger partial charge in [0.1, 0.15) is 17.4 Å². The number of sulfonamides is 1. The van der Waals surface area contributed by atoms with Gasteiger partial charge < -0.3 is 9.73 Å². The molecule has 0 spiro atoms. The van der Waals surface area contributed by atoms with E-state index in [0.717, 1.165) is 17.4 Å². The lowest BCUT2D eigenvalue weighted by Gasteiger charge is -2.24. The number of carbonyl (C=O) groups is 2. The van der Waals surface area contributed by atoms with Crippen LogP contribution < -0.4 is 9.62 Å². The molecule has 1 amide bonds. The monoisotopic (exact) mass is 619 g/mol. The van der Waals surface area contributed by atoms with Crippen molar-refractivity contribution in [2.75, 3.05) is 17.1 Å². The Hall–Kier alpha value is -5.20. The number of nitrogens with zero attached hydrogens (tertiary/aromatic N) is 2. The van der Waals surface area contributed by atoms with Gasteiger partial charge in [-0.15, -0.1) is 0 Å². The van der Waals surface area contributed by atoms with Crippen LogP contribution in [0.2, 0.25) is 0 Å². The van der Waals surface area contributed by atoms with Gasteiger partial charge in [-0.2, -0.15) is 5.26 Å². The predicted molar refractivity (Wildman–Crippen MR) is 177 cm³/mol. The van der Waals surface area contributed by atoms with E-state index in [0.29, 0.717) is 44.7 Å². The molecule has 8 nitrogen and oxygen atoms in total. The Kier molecular flexibility index (Phi) is 8.89. The second-order valence-electron chi connectivity index (χ2n) is 10.8. The van der Waals surface area contributed by atoms with Crippen LogP contribution >= 0.6 is 0 Å². The summed E-state index contributed by atoms with van der Waals surface area (Å²) >= 11 is 0. The van der Waals surface area contributed by atoms with E-state index in [1.165, 1.54) is 4.31 Å². The third-order valence-electron chi connectivity index (χ3n) is 7.65. The van der Waals surface area contributed by atoms with Crippen molar-refractivity contribution in [1.82, 2.24) is 5.32 Å². The zero-order valence-electron chi connectivity index (χ0n) is 25.5. The molecule has 1 heterocycles. The van der Waals surface area contributed by atoms with Gasteiger partial charge in [-0.1, -0.05) is 79.2 Å². The average Bonchev–Trinajstić information content (AvgIpc) is 3.41. The fourth-order valence-electron chi connectivity index (χ4n) is 5.39. The summed E-state index contributed by atoms with van der Waals surface area (Å²) in [5.41, 5.74) is 4.94. The zero-order chi connectivity index (χ0) is 32.3. The molecule has 9 heteroatoms. The SMILES string of the molecule is CCC(=O)c1c(-c2ccc(C)cc2)oc2cc(N(CC)S(C)(=O)=O)c(-c3cccc(C(=O)NC(C#N)c4ccccc4)c3)cc12. The number of furan rings is 1. The molecular weight excluding hydrogens is 586 g/mol. The number of hydrogen-bond donors (Lipinski definition) is 1. The molecule has 1 unspecified atom stereocenters. The molecule has 1 atom stereocenters. The van der Waals surface area contributed by atoms with Crippen molar-refractivity contribution in [2.24, 2.45) is 0 Å². The molecule has 0 saturated carbocycles. The molecular formula is C36H33N3O5S. The molecule has 0 saturated heterocycles.